The molecule has 2 aliphatic rings. The van der Waals surface area contributed by atoms with Crippen molar-refractivity contribution in [3.8, 4) is 11.4 Å². The zero-order valence-corrected chi connectivity index (χ0v) is 16.0. The van der Waals surface area contributed by atoms with Gasteiger partial charge < -0.3 is 15.1 Å². The number of urea groups is 1. The smallest absolute Gasteiger partial charge is 0.320 e. The number of likely N-dealkylation sites (tertiary alicyclic amines) is 2. The first-order chi connectivity index (χ1) is 13.6. The van der Waals surface area contributed by atoms with Crippen molar-refractivity contribution in [2.24, 2.45) is 13.0 Å². The van der Waals surface area contributed by atoms with Gasteiger partial charge in [-0.1, -0.05) is 12.1 Å². The molecule has 0 saturated carbocycles. The van der Waals surface area contributed by atoms with Crippen LogP contribution >= 0.6 is 0 Å². The van der Waals surface area contributed by atoms with E-state index in [0.29, 0.717) is 18.1 Å². The first-order valence-electron chi connectivity index (χ1n) is 9.79. The van der Waals surface area contributed by atoms with Gasteiger partial charge in [-0.15, -0.1) is 5.10 Å². The Bertz CT molecular complexity index is 859. The number of tetrazole rings is 1. The molecule has 2 saturated heterocycles. The van der Waals surface area contributed by atoms with Gasteiger partial charge in [-0.05, 0) is 48.2 Å². The first-order valence-corrected chi connectivity index (χ1v) is 9.79. The average Bonchev–Trinajstić information content (AvgIpc) is 3.39. The molecule has 2 aromatic rings. The quantitative estimate of drug-likeness (QED) is 0.871. The lowest BCUT2D eigenvalue weighted by molar-refractivity contribution is -0.121. The van der Waals surface area contributed by atoms with E-state index in [-0.39, 0.29) is 17.9 Å². The van der Waals surface area contributed by atoms with E-state index in [2.05, 4.69) is 20.8 Å². The summed E-state index contributed by atoms with van der Waals surface area (Å²) in [6.07, 6.45) is 3.78. The summed E-state index contributed by atoms with van der Waals surface area (Å²) in [5.41, 5.74) is 1.54. The van der Waals surface area contributed by atoms with E-state index in [9.17, 15) is 9.59 Å². The van der Waals surface area contributed by atoms with Crippen molar-refractivity contribution in [3.05, 3.63) is 24.3 Å². The monoisotopic (exact) mass is 383 g/mol. The van der Waals surface area contributed by atoms with E-state index in [1.807, 2.05) is 34.1 Å². The zero-order valence-electron chi connectivity index (χ0n) is 16.0. The molecule has 3 amide bonds. The molecule has 9 nitrogen and oxygen atoms in total. The number of anilines is 1. The molecule has 9 heteroatoms. The highest BCUT2D eigenvalue weighted by molar-refractivity contribution is 5.93. The van der Waals surface area contributed by atoms with Crippen molar-refractivity contribution < 1.29 is 9.59 Å². The Labute approximate surface area is 163 Å². The third-order valence-electron chi connectivity index (χ3n) is 5.45. The number of piperidine rings is 1. The number of amides is 3. The lowest BCUT2D eigenvalue weighted by Crippen LogP contribution is -2.48. The van der Waals surface area contributed by atoms with Gasteiger partial charge in [0.15, 0.2) is 5.82 Å². The van der Waals surface area contributed by atoms with Crippen LogP contribution in [0.5, 0.6) is 0 Å². The minimum absolute atomic E-state index is 0.0489. The average molecular weight is 383 g/mol. The Morgan fingerprint density at radius 3 is 2.64 bits per heavy atom. The minimum Gasteiger partial charge on any atom is -0.326 e. The maximum atomic E-state index is 12.8. The molecule has 0 aliphatic carbocycles. The molecule has 2 aliphatic heterocycles. The van der Waals surface area contributed by atoms with E-state index in [0.717, 1.165) is 50.9 Å². The highest BCUT2D eigenvalue weighted by Gasteiger charge is 2.31. The molecule has 148 valence electrons. The fourth-order valence-corrected chi connectivity index (χ4v) is 3.93. The summed E-state index contributed by atoms with van der Waals surface area (Å²) in [4.78, 5) is 29.2. The molecular weight excluding hydrogens is 358 g/mol. The molecule has 1 aromatic heterocycles. The van der Waals surface area contributed by atoms with E-state index in [1.165, 1.54) is 0 Å². The fourth-order valence-electron chi connectivity index (χ4n) is 3.93. The van der Waals surface area contributed by atoms with Crippen LogP contribution in [0.1, 0.15) is 25.7 Å². The van der Waals surface area contributed by atoms with E-state index in [4.69, 9.17) is 0 Å². The fraction of sp³-hybridized carbons (Fsp3) is 0.526. The van der Waals surface area contributed by atoms with Gasteiger partial charge in [0, 0.05) is 44.5 Å². The van der Waals surface area contributed by atoms with Crippen LogP contribution < -0.4 is 5.32 Å². The molecule has 0 bridgehead atoms. The number of benzene rings is 1. The van der Waals surface area contributed by atoms with Crippen LogP contribution in [-0.2, 0) is 11.8 Å². The van der Waals surface area contributed by atoms with E-state index < -0.39 is 0 Å². The van der Waals surface area contributed by atoms with Gasteiger partial charge in [-0.2, -0.15) is 0 Å². The Morgan fingerprint density at radius 1 is 1.11 bits per heavy atom. The highest BCUT2D eigenvalue weighted by Crippen LogP contribution is 2.23. The van der Waals surface area contributed by atoms with Crippen LogP contribution in [0.3, 0.4) is 0 Å². The standard InChI is InChI=1S/C19H25N7O2/c1-24-17(21-22-23-24)14-6-4-8-16(12-14)20-18(27)15-7-5-11-26(13-15)19(28)25-9-2-3-10-25/h4,6,8,12,15H,2-3,5,7,9-11,13H2,1H3,(H,20,27). The van der Waals surface area contributed by atoms with Crippen molar-refractivity contribution in [2.75, 3.05) is 31.5 Å². The minimum atomic E-state index is -0.194. The van der Waals surface area contributed by atoms with Gasteiger partial charge in [0.05, 0.1) is 5.92 Å². The van der Waals surface area contributed by atoms with Gasteiger partial charge in [0.25, 0.3) is 0 Å². The summed E-state index contributed by atoms with van der Waals surface area (Å²) in [5.74, 6) is 0.392. The normalized spacial score (nSPS) is 19.7. The van der Waals surface area contributed by atoms with Gasteiger partial charge in [-0.25, -0.2) is 9.48 Å². The summed E-state index contributed by atoms with van der Waals surface area (Å²) in [7, 11) is 1.77. The molecule has 2 fully saturated rings. The number of hydrogen-bond acceptors (Lipinski definition) is 5. The summed E-state index contributed by atoms with van der Waals surface area (Å²) in [6.45, 7) is 2.87. The SMILES string of the molecule is Cn1nnnc1-c1cccc(NC(=O)C2CCCN(C(=O)N3CCCC3)C2)c1. The second-order valence-electron chi connectivity index (χ2n) is 7.46. The van der Waals surface area contributed by atoms with Gasteiger partial charge in [-0.3, -0.25) is 4.79 Å². The summed E-state index contributed by atoms with van der Waals surface area (Å²) in [6, 6.07) is 7.55. The molecule has 1 atom stereocenters. The predicted molar refractivity (Wildman–Crippen MR) is 103 cm³/mol. The first kappa shape index (κ1) is 18.4. The Balaban J connectivity index is 1.40. The van der Waals surface area contributed by atoms with Gasteiger partial charge >= 0.3 is 6.03 Å². The largest absolute Gasteiger partial charge is 0.326 e. The van der Waals surface area contributed by atoms with Crippen molar-refractivity contribution >= 4 is 17.6 Å². The van der Waals surface area contributed by atoms with Crippen LogP contribution in [0.4, 0.5) is 10.5 Å². The van der Waals surface area contributed by atoms with Crippen molar-refractivity contribution in [2.45, 2.75) is 25.7 Å². The second kappa shape index (κ2) is 7.95. The Hall–Kier alpha value is -2.97. The summed E-state index contributed by atoms with van der Waals surface area (Å²) in [5, 5.41) is 14.5. The highest BCUT2D eigenvalue weighted by atomic mass is 16.2. The van der Waals surface area contributed by atoms with Crippen LogP contribution in [0.2, 0.25) is 0 Å². The number of carbonyl (C=O) groups excluding carboxylic acids is 2. The molecule has 1 aromatic carbocycles. The number of nitrogens with one attached hydrogen (secondary N) is 1. The number of aryl methyl sites for hydroxylation is 1. The summed E-state index contributed by atoms with van der Waals surface area (Å²) < 4.78 is 1.59. The number of nitrogens with zero attached hydrogens (tertiary/aromatic N) is 6. The molecule has 1 N–H and O–H groups in total. The molecule has 4 rings (SSSR count). The molecule has 0 radical (unpaired) electrons. The van der Waals surface area contributed by atoms with Crippen LogP contribution in [0, 0.1) is 5.92 Å². The van der Waals surface area contributed by atoms with Crippen LogP contribution in [-0.4, -0.2) is 68.1 Å². The number of carbonyl (C=O) groups is 2. The van der Waals surface area contributed by atoms with E-state index >= 15 is 0 Å². The van der Waals surface area contributed by atoms with E-state index in [1.54, 1.807) is 11.7 Å². The van der Waals surface area contributed by atoms with Crippen molar-refractivity contribution in [1.29, 1.82) is 0 Å². The molecule has 28 heavy (non-hydrogen) atoms. The number of hydrogen-bond donors (Lipinski definition) is 1. The maximum absolute atomic E-state index is 12.8. The van der Waals surface area contributed by atoms with Gasteiger partial charge in [0.1, 0.15) is 0 Å². The third kappa shape index (κ3) is 3.83. The maximum Gasteiger partial charge on any atom is 0.320 e. The molecule has 3 heterocycles. The number of rotatable bonds is 3. The molecule has 0 spiro atoms. The Kier molecular flexibility index (Phi) is 5.23. The lowest BCUT2D eigenvalue weighted by Gasteiger charge is -2.34. The van der Waals surface area contributed by atoms with Crippen LogP contribution in [0.25, 0.3) is 11.4 Å². The van der Waals surface area contributed by atoms with Crippen molar-refractivity contribution in [3.63, 3.8) is 0 Å². The Morgan fingerprint density at radius 2 is 1.89 bits per heavy atom. The predicted octanol–water partition coefficient (Wildman–Crippen LogP) is 1.74. The van der Waals surface area contributed by atoms with Gasteiger partial charge in [0.2, 0.25) is 5.91 Å². The number of aromatic nitrogens is 4. The van der Waals surface area contributed by atoms with Crippen molar-refractivity contribution in [1.82, 2.24) is 30.0 Å². The second-order valence-corrected chi connectivity index (χ2v) is 7.46. The third-order valence-corrected chi connectivity index (χ3v) is 5.45. The topological polar surface area (TPSA) is 96.2 Å². The van der Waals surface area contributed by atoms with Crippen LogP contribution in [0.15, 0.2) is 24.3 Å². The molecule has 1 unspecified atom stereocenters. The molecular formula is C19H25N7O2. The lowest BCUT2D eigenvalue weighted by atomic mass is 9.97. The summed E-state index contributed by atoms with van der Waals surface area (Å²) >= 11 is 0. The zero-order chi connectivity index (χ0) is 19.5.